The molecule has 0 aliphatic heterocycles. The van der Waals surface area contributed by atoms with E-state index in [9.17, 15) is 4.79 Å². The number of halogens is 1. The summed E-state index contributed by atoms with van der Waals surface area (Å²) in [6.45, 7) is 4.12. The predicted octanol–water partition coefficient (Wildman–Crippen LogP) is 3.02. The Kier molecular flexibility index (Phi) is 9.33. The summed E-state index contributed by atoms with van der Waals surface area (Å²) in [6.07, 6.45) is 3.23. The molecule has 18 heavy (non-hydrogen) atoms. The van der Waals surface area contributed by atoms with Crippen LogP contribution < -0.4 is 5.32 Å². The van der Waals surface area contributed by atoms with Crippen molar-refractivity contribution in [2.24, 2.45) is 0 Å². The Morgan fingerprint density at radius 1 is 1.22 bits per heavy atom. The van der Waals surface area contributed by atoms with Gasteiger partial charge >= 0.3 is 5.97 Å². The van der Waals surface area contributed by atoms with E-state index in [0.717, 1.165) is 18.7 Å². The van der Waals surface area contributed by atoms with Crippen molar-refractivity contribution in [3.8, 4) is 0 Å². The first-order chi connectivity index (χ1) is 8.22. The molecule has 0 saturated heterocycles. The van der Waals surface area contributed by atoms with Crippen molar-refractivity contribution in [2.45, 2.75) is 39.2 Å². The van der Waals surface area contributed by atoms with E-state index >= 15 is 0 Å². The molecule has 0 fully saturated rings. The summed E-state index contributed by atoms with van der Waals surface area (Å²) in [5.74, 6) is -0.740. The van der Waals surface area contributed by atoms with Crippen molar-refractivity contribution in [3.05, 3.63) is 35.4 Å². The third-order valence-electron chi connectivity index (χ3n) is 2.69. The fourth-order valence-corrected chi connectivity index (χ4v) is 1.61. The molecular formula is C14H22ClNO2. The fraction of sp³-hybridized carbons (Fsp3) is 0.500. The number of aliphatic carboxylic acids is 1. The molecule has 0 aliphatic carbocycles. The standard InChI is InChI=1S/C14H21NO2.ClH/c1-2-3-10-15-11-13-6-4-12(5-7-13)8-9-14(16)17;/h4-7,15H,2-3,8-11H2,1H3,(H,16,17);1H. The Hall–Kier alpha value is -1.06. The number of aryl methyl sites for hydroxylation is 1. The van der Waals surface area contributed by atoms with Gasteiger partial charge in [0.1, 0.15) is 0 Å². The normalized spacial score (nSPS) is 9.83. The SMILES string of the molecule is CCCCNCc1ccc(CCC(=O)O)cc1.Cl. The van der Waals surface area contributed by atoms with Gasteiger partial charge in [0, 0.05) is 13.0 Å². The third kappa shape index (κ3) is 7.30. The van der Waals surface area contributed by atoms with Crippen LogP contribution in [0, 0.1) is 0 Å². The highest BCUT2D eigenvalue weighted by molar-refractivity contribution is 5.85. The summed E-state index contributed by atoms with van der Waals surface area (Å²) in [7, 11) is 0. The Balaban J connectivity index is 0.00000289. The molecular weight excluding hydrogens is 250 g/mol. The van der Waals surface area contributed by atoms with Crippen LogP contribution in [0.2, 0.25) is 0 Å². The van der Waals surface area contributed by atoms with Crippen LogP contribution in [0.15, 0.2) is 24.3 Å². The molecule has 0 aromatic heterocycles. The Labute approximate surface area is 115 Å². The van der Waals surface area contributed by atoms with Gasteiger partial charge in [-0.05, 0) is 30.5 Å². The quantitative estimate of drug-likeness (QED) is 0.715. The maximum Gasteiger partial charge on any atom is 0.303 e. The smallest absolute Gasteiger partial charge is 0.303 e. The van der Waals surface area contributed by atoms with E-state index in [2.05, 4.69) is 24.4 Å². The average molecular weight is 272 g/mol. The molecule has 1 rings (SSSR count). The topological polar surface area (TPSA) is 49.3 Å². The van der Waals surface area contributed by atoms with Gasteiger partial charge in [-0.15, -0.1) is 12.4 Å². The fourth-order valence-electron chi connectivity index (χ4n) is 1.61. The van der Waals surface area contributed by atoms with Gasteiger partial charge in [0.15, 0.2) is 0 Å². The van der Waals surface area contributed by atoms with Crippen LogP contribution in [-0.4, -0.2) is 17.6 Å². The van der Waals surface area contributed by atoms with E-state index in [0.29, 0.717) is 6.42 Å². The van der Waals surface area contributed by atoms with Crippen molar-refractivity contribution in [3.63, 3.8) is 0 Å². The summed E-state index contributed by atoms with van der Waals surface area (Å²) in [4.78, 5) is 10.4. The molecule has 102 valence electrons. The first kappa shape index (κ1) is 16.9. The van der Waals surface area contributed by atoms with Crippen LogP contribution in [0.25, 0.3) is 0 Å². The summed E-state index contributed by atoms with van der Waals surface area (Å²) >= 11 is 0. The molecule has 1 aromatic rings. The summed E-state index contributed by atoms with van der Waals surface area (Å²) in [5.41, 5.74) is 2.34. The van der Waals surface area contributed by atoms with Crippen molar-refractivity contribution < 1.29 is 9.90 Å². The van der Waals surface area contributed by atoms with Crippen molar-refractivity contribution >= 4 is 18.4 Å². The zero-order valence-corrected chi connectivity index (χ0v) is 11.6. The number of carboxylic acids is 1. The maximum absolute atomic E-state index is 10.4. The highest BCUT2D eigenvalue weighted by Crippen LogP contribution is 2.06. The lowest BCUT2D eigenvalue weighted by atomic mass is 10.1. The van der Waals surface area contributed by atoms with Gasteiger partial charge in [-0.3, -0.25) is 4.79 Å². The Morgan fingerprint density at radius 2 is 1.83 bits per heavy atom. The molecule has 1 aromatic carbocycles. The second kappa shape index (κ2) is 9.92. The molecule has 4 heteroatoms. The molecule has 0 spiro atoms. The highest BCUT2D eigenvalue weighted by Gasteiger charge is 1.99. The molecule has 0 heterocycles. The zero-order valence-electron chi connectivity index (χ0n) is 10.8. The largest absolute Gasteiger partial charge is 0.481 e. The first-order valence-electron chi connectivity index (χ1n) is 6.22. The van der Waals surface area contributed by atoms with Crippen LogP contribution in [0.1, 0.15) is 37.3 Å². The van der Waals surface area contributed by atoms with Crippen LogP contribution in [0.3, 0.4) is 0 Å². The van der Waals surface area contributed by atoms with E-state index < -0.39 is 5.97 Å². The van der Waals surface area contributed by atoms with Gasteiger partial charge in [0.05, 0.1) is 0 Å². The highest BCUT2D eigenvalue weighted by atomic mass is 35.5. The number of hydrogen-bond donors (Lipinski definition) is 2. The number of unbranched alkanes of at least 4 members (excludes halogenated alkanes) is 1. The molecule has 2 N–H and O–H groups in total. The lowest BCUT2D eigenvalue weighted by molar-refractivity contribution is -0.136. The molecule has 0 amide bonds. The minimum atomic E-state index is -0.740. The van der Waals surface area contributed by atoms with E-state index in [1.165, 1.54) is 18.4 Å². The lowest BCUT2D eigenvalue weighted by Gasteiger charge is -2.05. The van der Waals surface area contributed by atoms with E-state index in [1.807, 2.05) is 12.1 Å². The number of benzene rings is 1. The zero-order chi connectivity index (χ0) is 12.5. The van der Waals surface area contributed by atoms with Crippen molar-refractivity contribution in [1.82, 2.24) is 5.32 Å². The molecule has 0 atom stereocenters. The van der Waals surface area contributed by atoms with Gasteiger partial charge in [0.25, 0.3) is 0 Å². The van der Waals surface area contributed by atoms with E-state index in [1.54, 1.807) is 0 Å². The molecule has 0 aliphatic rings. The van der Waals surface area contributed by atoms with Crippen molar-refractivity contribution in [2.75, 3.05) is 6.54 Å². The second-order valence-corrected chi connectivity index (χ2v) is 4.24. The summed E-state index contributed by atoms with van der Waals surface area (Å²) < 4.78 is 0. The average Bonchev–Trinajstić information content (AvgIpc) is 2.33. The van der Waals surface area contributed by atoms with Gasteiger partial charge in [-0.1, -0.05) is 37.6 Å². The maximum atomic E-state index is 10.4. The third-order valence-corrected chi connectivity index (χ3v) is 2.69. The number of carboxylic acid groups (broad SMARTS) is 1. The van der Waals surface area contributed by atoms with Crippen LogP contribution in [-0.2, 0) is 17.8 Å². The molecule has 3 nitrogen and oxygen atoms in total. The van der Waals surface area contributed by atoms with Gasteiger partial charge < -0.3 is 10.4 Å². The lowest BCUT2D eigenvalue weighted by Crippen LogP contribution is -2.14. The first-order valence-corrected chi connectivity index (χ1v) is 6.22. The predicted molar refractivity (Wildman–Crippen MR) is 76.3 cm³/mol. The van der Waals surface area contributed by atoms with E-state index in [4.69, 9.17) is 5.11 Å². The van der Waals surface area contributed by atoms with Crippen LogP contribution in [0.4, 0.5) is 0 Å². The second-order valence-electron chi connectivity index (χ2n) is 4.24. The van der Waals surface area contributed by atoms with Crippen LogP contribution >= 0.6 is 12.4 Å². The molecule has 0 radical (unpaired) electrons. The number of nitrogens with one attached hydrogen (secondary N) is 1. The van der Waals surface area contributed by atoms with Gasteiger partial charge in [0.2, 0.25) is 0 Å². The summed E-state index contributed by atoms with van der Waals surface area (Å²) in [5, 5.41) is 12.0. The van der Waals surface area contributed by atoms with E-state index in [-0.39, 0.29) is 18.8 Å². The number of hydrogen-bond acceptors (Lipinski definition) is 2. The van der Waals surface area contributed by atoms with Crippen LogP contribution in [0.5, 0.6) is 0 Å². The minimum absolute atomic E-state index is 0. The molecule has 0 bridgehead atoms. The van der Waals surface area contributed by atoms with Crippen molar-refractivity contribution in [1.29, 1.82) is 0 Å². The molecule has 0 saturated carbocycles. The Bertz CT molecular complexity index is 338. The molecule has 0 unspecified atom stereocenters. The summed E-state index contributed by atoms with van der Waals surface area (Å²) in [6, 6.07) is 8.16. The monoisotopic (exact) mass is 271 g/mol. The van der Waals surface area contributed by atoms with Gasteiger partial charge in [-0.25, -0.2) is 0 Å². The number of carbonyl (C=O) groups is 1. The Morgan fingerprint density at radius 3 is 2.39 bits per heavy atom. The number of rotatable bonds is 8. The minimum Gasteiger partial charge on any atom is -0.481 e. The van der Waals surface area contributed by atoms with Gasteiger partial charge in [-0.2, -0.15) is 0 Å².